The minimum absolute atomic E-state index is 0.0636. The van der Waals surface area contributed by atoms with Crippen molar-refractivity contribution in [3.63, 3.8) is 0 Å². The second kappa shape index (κ2) is 5.18. The number of carbonyl (C=O) groups is 1. The molecule has 0 aliphatic heterocycles. The third-order valence-corrected chi connectivity index (χ3v) is 2.25. The molecule has 0 saturated heterocycles. The number of hydrogen-bond acceptors (Lipinski definition) is 4. The van der Waals surface area contributed by atoms with Gasteiger partial charge in [-0.2, -0.15) is 0 Å². The number of hydrogen-bond donors (Lipinski definition) is 0. The van der Waals surface area contributed by atoms with Crippen molar-refractivity contribution in [1.29, 1.82) is 0 Å². The Morgan fingerprint density at radius 2 is 1.93 bits per heavy atom. The quantitative estimate of drug-likeness (QED) is 0.251. The predicted molar refractivity (Wildman–Crippen MR) is 54.2 cm³/mol. The van der Waals surface area contributed by atoms with Gasteiger partial charge < -0.3 is 0 Å². The zero-order valence-corrected chi connectivity index (χ0v) is 7.94. The van der Waals surface area contributed by atoms with Crippen LogP contribution in [0.3, 0.4) is 0 Å². The monoisotopic (exact) mass is 209 g/mol. The van der Waals surface area contributed by atoms with Crippen LogP contribution in [0, 0.1) is 10.1 Å². The van der Waals surface area contributed by atoms with Crippen molar-refractivity contribution in [2.75, 3.05) is 0 Å². The zero-order valence-electron chi connectivity index (χ0n) is 7.12. The molecule has 4 nitrogen and oxygen atoms in total. The van der Waals surface area contributed by atoms with Gasteiger partial charge in [-0.1, -0.05) is 11.8 Å². The minimum Gasteiger partial charge on any atom is -0.299 e. The number of benzene rings is 1. The molecule has 0 amide bonds. The maximum Gasteiger partial charge on any atom is 0.269 e. The van der Waals surface area contributed by atoms with Crippen LogP contribution in [0.15, 0.2) is 40.6 Å². The molecule has 0 aliphatic rings. The summed E-state index contributed by atoms with van der Waals surface area (Å²) in [5.74, 6) is 0. The molecule has 0 spiro atoms. The first kappa shape index (κ1) is 10.5. The molecule has 1 aromatic rings. The Bertz CT molecular complexity index is 359. The summed E-state index contributed by atoms with van der Waals surface area (Å²) >= 11 is 1.33. The molecule has 1 aromatic carbocycles. The first-order valence-corrected chi connectivity index (χ1v) is 4.63. The molecule has 0 radical (unpaired) electrons. The predicted octanol–water partition coefficient (Wildman–Crippen LogP) is 2.40. The molecule has 0 fully saturated rings. The van der Waals surface area contributed by atoms with Gasteiger partial charge in [0.25, 0.3) is 5.69 Å². The number of non-ortho nitro benzene ring substituents is 1. The summed E-state index contributed by atoms with van der Waals surface area (Å²) in [6.45, 7) is 0. The van der Waals surface area contributed by atoms with Crippen LogP contribution < -0.4 is 0 Å². The van der Waals surface area contributed by atoms with E-state index in [0.717, 1.165) is 4.90 Å². The molecule has 0 saturated carbocycles. The summed E-state index contributed by atoms with van der Waals surface area (Å²) in [6.07, 6.45) is 2.05. The number of nitro benzene ring substituents is 1. The van der Waals surface area contributed by atoms with Crippen molar-refractivity contribution < 1.29 is 9.72 Å². The average Bonchev–Trinajstić information content (AvgIpc) is 2.19. The number of nitro groups is 1. The van der Waals surface area contributed by atoms with Gasteiger partial charge >= 0.3 is 0 Å². The normalized spacial score (nSPS) is 10.3. The average molecular weight is 209 g/mol. The smallest absolute Gasteiger partial charge is 0.269 e. The third-order valence-electron chi connectivity index (χ3n) is 1.41. The number of carbonyl (C=O) groups excluding carboxylic acids is 1. The van der Waals surface area contributed by atoms with Gasteiger partial charge in [0.15, 0.2) is 0 Å². The lowest BCUT2D eigenvalue weighted by molar-refractivity contribution is -0.384. The molecule has 14 heavy (non-hydrogen) atoms. The SMILES string of the molecule is O=C/C=C/Sc1ccc([N+](=O)[O-])cc1. The van der Waals surface area contributed by atoms with Gasteiger partial charge in [-0.25, -0.2) is 0 Å². The molecule has 0 unspecified atom stereocenters. The van der Waals surface area contributed by atoms with E-state index in [1.165, 1.54) is 30.0 Å². The van der Waals surface area contributed by atoms with Gasteiger partial charge in [-0.3, -0.25) is 14.9 Å². The molecule has 1 rings (SSSR count). The summed E-state index contributed by atoms with van der Waals surface area (Å²) in [5, 5.41) is 11.9. The summed E-state index contributed by atoms with van der Waals surface area (Å²) < 4.78 is 0. The van der Waals surface area contributed by atoms with Crippen molar-refractivity contribution in [1.82, 2.24) is 0 Å². The lowest BCUT2D eigenvalue weighted by Crippen LogP contribution is -1.86. The van der Waals surface area contributed by atoms with Crippen LogP contribution in [-0.2, 0) is 4.79 Å². The van der Waals surface area contributed by atoms with Crippen molar-refractivity contribution in [3.8, 4) is 0 Å². The van der Waals surface area contributed by atoms with Crippen LogP contribution in [0.4, 0.5) is 5.69 Å². The maximum absolute atomic E-state index is 10.3. The molecular formula is C9H7NO3S. The molecule has 72 valence electrons. The first-order chi connectivity index (χ1) is 6.74. The maximum atomic E-state index is 10.3. The Hall–Kier alpha value is -1.62. The second-order valence-electron chi connectivity index (χ2n) is 2.33. The Balaban J connectivity index is 2.68. The van der Waals surface area contributed by atoms with Gasteiger partial charge in [0.1, 0.15) is 6.29 Å². The van der Waals surface area contributed by atoms with E-state index in [4.69, 9.17) is 0 Å². The number of thioether (sulfide) groups is 1. The van der Waals surface area contributed by atoms with Crippen molar-refractivity contribution in [2.45, 2.75) is 4.90 Å². The summed E-state index contributed by atoms with van der Waals surface area (Å²) in [6, 6.07) is 6.13. The van der Waals surface area contributed by atoms with Crippen LogP contribution in [-0.4, -0.2) is 11.2 Å². The van der Waals surface area contributed by atoms with E-state index in [1.54, 1.807) is 17.5 Å². The molecule has 0 aromatic heterocycles. The first-order valence-electron chi connectivity index (χ1n) is 3.75. The summed E-state index contributed by atoms with van der Waals surface area (Å²) in [5.41, 5.74) is 0.0636. The van der Waals surface area contributed by atoms with Crippen LogP contribution in [0.5, 0.6) is 0 Å². The van der Waals surface area contributed by atoms with Crippen LogP contribution in [0.1, 0.15) is 0 Å². The lowest BCUT2D eigenvalue weighted by Gasteiger charge is -1.94. The molecule has 0 bridgehead atoms. The fourth-order valence-corrected chi connectivity index (χ4v) is 1.39. The number of nitrogens with zero attached hydrogens (tertiary/aromatic N) is 1. The fraction of sp³-hybridized carbons (Fsp3) is 0. The van der Waals surface area contributed by atoms with Gasteiger partial charge in [-0.05, 0) is 23.6 Å². The van der Waals surface area contributed by atoms with Crippen LogP contribution >= 0.6 is 11.8 Å². The highest BCUT2D eigenvalue weighted by molar-refractivity contribution is 8.02. The third kappa shape index (κ3) is 3.02. The molecule has 0 atom stereocenters. The van der Waals surface area contributed by atoms with Gasteiger partial charge in [-0.15, -0.1) is 0 Å². The van der Waals surface area contributed by atoms with E-state index in [9.17, 15) is 14.9 Å². The largest absolute Gasteiger partial charge is 0.299 e. The van der Waals surface area contributed by atoms with Gasteiger partial charge in [0.2, 0.25) is 0 Å². The number of rotatable bonds is 4. The highest BCUT2D eigenvalue weighted by atomic mass is 32.2. The Kier molecular flexibility index (Phi) is 3.87. The van der Waals surface area contributed by atoms with Crippen LogP contribution in [0.25, 0.3) is 0 Å². The topological polar surface area (TPSA) is 60.2 Å². The zero-order chi connectivity index (χ0) is 10.4. The fourth-order valence-electron chi connectivity index (χ4n) is 0.796. The van der Waals surface area contributed by atoms with Crippen molar-refractivity contribution in [3.05, 3.63) is 45.9 Å². The van der Waals surface area contributed by atoms with E-state index in [-0.39, 0.29) is 5.69 Å². The standard InChI is InChI=1S/C9H7NO3S/c11-6-1-7-14-9-4-2-8(3-5-9)10(12)13/h1-7H/b7-1+. The lowest BCUT2D eigenvalue weighted by atomic mass is 10.3. The Morgan fingerprint density at radius 1 is 1.29 bits per heavy atom. The highest BCUT2D eigenvalue weighted by Gasteiger charge is 2.02. The van der Waals surface area contributed by atoms with Gasteiger partial charge in [0, 0.05) is 17.0 Å². The molecule has 5 heteroatoms. The van der Waals surface area contributed by atoms with E-state index < -0.39 is 4.92 Å². The highest BCUT2D eigenvalue weighted by Crippen LogP contribution is 2.21. The molecular weight excluding hydrogens is 202 g/mol. The van der Waals surface area contributed by atoms with E-state index in [1.807, 2.05) is 0 Å². The summed E-state index contributed by atoms with van der Waals surface area (Å²) in [4.78, 5) is 20.7. The minimum atomic E-state index is -0.449. The number of aldehydes is 1. The second-order valence-corrected chi connectivity index (χ2v) is 3.31. The summed E-state index contributed by atoms with van der Waals surface area (Å²) in [7, 11) is 0. The van der Waals surface area contributed by atoms with E-state index in [0.29, 0.717) is 6.29 Å². The molecule has 0 aliphatic carbocycles. The number of allylic oxidation sites excluding steroid dienone is 1. The van der Waals surface area contributed by atoms with Crippen LogP contribution in [0.2, 0.25) is 0 Å². The molecule has 0 N–H and O–H groups in total. The van der Waals surface area contributed by atoms with E-state index in [2.05, 4.69) is 0 Å². The van der Waals surface area contributed by atoms with E-state index >= 15 is 0 Å². The van der Waals surface area contributed by atoms with Crippen molar-refractivity contribution >= 4 is 23.7 Å². The van der Waals surface area contributed by atoms with Gasteiger partial charge in [0.05, 0.1) is 4.92 Å². The molecule has 0 heterocycles. The Labute approximate surface area is 84.8 Å². The Morgan fingerprint density at radius 3 is 2.43 bits per heavy atom. The van der Waals surface area contributed by atoms with Crippen molar-refractivity contribution in [2.24, 2.45) is 0 Å².